The van der Waals surface area contributed by atoms with Crippen LogP contribution in [0.1, 0.15) is 37.4 Å². The summed E-state index contributed by atoms with van der Waals surface area (Å²) >= 11 is 7.65. The predicted molar refractivity (Wildman–Crippen MR) is 122 cm³/mol. The number of benzene rings is 1. The number of halogens is 1. The van der Waals surface area contributed by atoms with Crippen molar-refractivity contribution < 1.29 is 0 Å². The second kappa shape index (κ2) is 8.40. The minimum absolute atomic E-state index is 0.0250. The minimum Gasteiger partial charge on any atom is -0.288 e. The number of thioether (sulfide) groups is 1. The van der Waals surface area contributed by atoms with E-state index < -0.39 is 0 Å². The van der Waals surface area contributed by atoms with Crippen molar-refractivity contribution in [3.8, 4) is 0 Å². The summed E-state index contributed by atoms with van der Waals surface area (Å²) in [6, 6.07) is 7.27. The number of aryl methyl sites for hydroxylation is 2. The SMILES string of the molecule is Cc1cc(C)n2cc(CSc3nc4cc(Cl)ccc4c(=O)n3CCC(C)C)nc2n1. The average Bonchev–Trinajstić information content (AvgIpc) is 3.08. The van der Waals surface area contributed by atoms with Crippen molar-refractivity contribution in [3.63, 3.8) is 0 Å². The first-order valence-corrected chi connectivity index (χ1v) is 11.3. The fourth-order valence-electron chi connectivity index (χ4n) is 3.39. The molecule has 0 atom stereocenters. The highest BCUT2D eigenvalue weighted by Gasteiger charge is 2.14. The fourth-order valence-corrected chi connectivity index (χ4v) is 4.47. The van der Waals surface area contributed by atoms with E-state index in [1.165, 1.54) is 11.8 Å². The van der Waals surface area contributed by atoms with E-state index >= 15 is 0 Å². The normalized spacial score (nSPS) is 11.8. The quantitative estimate of drug-likeness (QED) is 0.309. The summed E-state index contributed by atoms with van der Waals surface area (Å²) in [6.45, 7) is 8.95. The first kappa shape index (κ1) is 20.9. The highest BCUT2D eigenvalue weighted by Crippen LogP contribution is 2.24. The third-order valence-corrected chi connectivity index (χ3v) is 6.22. The van der Waals surface area contributed by atoms with Crippen LogP contribution in [0.3, 0.4) is 0 Å². The van der Waals surface area contributed by atoms with Crippen LogP contribution in [0.15, 0.2) is 40.4 Å². The van der Waals surface area contributed by atoms with E-state index in [9.17, 15) is 4.79 Å². The fraction of sp³-hybridized carbons (Fsp3) is 0.364. The molecule has 3 aromatic heterocycles. The molecule has 8 heteroatoms. The third-order valence-electron chi connectivity index (χ3n) is 4.97. The van der Waals surface area contributed by atoms with Gasteiger partial charge in [-0.2, -0.15) is 0 Å². The van der Waals surface area contributed by atoms with E-state index in [0.29, 0.717) is 45.1 Å². The molecule has 0 N–H and O–H groups in total. The molecule has 0 spiro atoms. The number of hydrogen-bond donors (Lipinski definition) is 0. The van der Waals surface area contributed by atoms with Gasteiger partial charge in [0.25, 0.3) is 5.56 Å². The van der Waals surface area contributed by atoms with Gasteiger partial charge in [-0.1, -0.05) is 37.2 Å². The van der Waals surface area contributed by atoms with Gasteiger partial charge in [-0.05, 0) is 50.5 Å². The van der Waals surface area contributed by atoms with Crippen molar-refractivity contribution >= 4 is 40.0 Å². The molecule has 0 aliphatic heterocycles. The van der Waals surface area contributed by atoms with Gasteiger partial charge in [-0.25, -0.2) is 15.0 Å². The minimum atomic E-state index is -0.0250. The standard InChI is InChI=1S/C22H24ClN5OS/c1-13(2)7-8-27-20(29)18-6-5-16(23)10-19(18)26-22(27)30-12-17-11-28-15(4)9-14(3)24-21(28)25-17/h5-6,9-11,13H,7-8,12H2,1-4H3. The lowest BCUT2D eigenvalue weighted by Gasteiger charge is -2.14. The lowest BCUT2D eigenvalue weighted by atomic mass is 10.1. The number of nitrogens with zero attached hydrogens (tertiary/aromatic N) is 5. The smallest absolute Gasteiger partial charge is 0.262 e. The summed E-state index contributed by atoms with van der Waals surface area (Å²) < 4.78 is 3.77. The van der Waals surface area contributed by atoms with Gasteiger partial charge in [0.15, 0.2) is 5.16 Å². The molecule has 0 aliphatic rings. The molecule has 3 heterocycles. The van der Waals surface area contributed by atoms with Crippen molar-refractivity contribution in [2.75, 3.05) is 0 Å². The molecule has 6 nitrogen and oxygen atoms in total. The Balaban J connectivity index is 1.70. The second-order valence-electron chi connectivity index (χ2n) is 7.92. The Labute approximate surface area is 184 Å². The molecule has 0 bridgehead atoms. The predicted octanol–water partition coefficient (Wildman–Crippen LogP) is 5.05. The molecular weight excluding hydrogens is 418 g/mol. The van der Waals surface area contributed by atoms with E-state index in [1.807, 2.05) is 30.5 Å². The van der Waals surface area contributed by atoms with Crippen LogP contribution in [-0.4, -0.2) is 23.9 Å². The zero-order valence-corrected chi connectivity index (χ0v) is 19.1. The van der Waals surface area contributed by atoms with Crippen molar-refractivity contribution in [2.45, 2.75) is 51.6 Å². The average molecular weight is 442 g/mol. The monoisotopic (exact) mass is 441 g/mol. The van der Waals surface area contributed by atoms with Crippen molar-refractivity contribution in [1.82, 2.24) is 23.9 Å². The van der Waals surface area contributed by atoms with Crippen LogP contribution in [0.5, 0.6) is 0 Å². The maximum atomic E-state index is 13.1. The van der Waals surface area contributed by atoms with Gasteiger partial charge in [-0.3, -0.25) is 13.8 Å². The van der Waals surface area contributed by atoms with E-state index in [-0.39, 0.29) is 5.56 Å². The van der Waals surface area contributed by atoms with Crippen molar-refractivity contribution in [3.05, 3.63) is 62.9 Å². The van der Waals surface area contributed by atoms with Crippen LogP contribution in [0.4, 0.5) is 0 Å². The molecule has 0 aliphatic carbocycles. The summed E-state index contributed by atoms with van der Waals surface area (Å²) in [7, 11) is 0. The zero-order valence-electron chi connectivity index (χ0n) is 17.5. The van der Waals surface area contributed by atoms with Gasteiger partial charge in [0.1, 0.15) is 0 Å². The zero-order chi connectivity index (χ0) is 21.4. The molecule has 0 saturated heterocycles. The van der Waals surface area contributed by atoms with Crippen LogP contribution in [-0.2, 0) is 12.3 Å². The van der Waals surface area contributed by atoms with Crippen LogP contribution < -0.4 is 5.56 Å². The third kappa shape index (κ3) is 4.23. The Morgan fingerprint density at radius 3 is 2.70 bits per heavy atom. The van der Waals surface area contributed by atoms with Crippen LogP contribution in [0, 0.1) is 19.8 Å². The molecule has 1 aromatic carbocycles. The summed E-state index contributed by atoms with van der Waals surface area (Å²) in [6.07, 6.45) is 2.91. The van der Waals surface area contributed by atoms with Gasteiger partial charge >= 0.3 is 0 Å². The largest absolute Gasteiger partial charge is 0.288 e. The number of aromatic nitrogens is 5. The second-order valence-corrected chi connectivity index (χ2v) is 9.30. The summed E-state index contributed by atoms with van der Waals surface area (Å²) in [5.41, 5.74) is 3.54. The van der Waals surface area contributed by atoms with Crippen LogP contribution in [0.25, 0.3) is 16.7 Å². The molecule has 156 valence electrons. The Hall–Kier alpha value is -2.38. The first-order valence-electron chi connectivity index (χ1n) is 9.97. The summed E-state index contributed by atoms with van der Waals surface area (Å²) in [4.78, 5) is 27.1. The van der Waals surface area contributed by atoms with E-state index in [4.69, 9.17) is 16.6 Å². The number of fused-ring (bicyclic) bond motifs is 2. The highest BCUT2D eigenvalue weighted by molar-refractivity contribution is 7.98. The Morgan fingerprint density at radius 2 is 1.93 bits per heavy atom. The van der Waals surface area contributed by atoms with E-state index in [0.717, 1.165) is 23.5 Å². The van der Waals surface area contributed by atoms with E-state index in [1.54, 1.807) is 22.8 Å². The van der Waals surface area contributed by atoms with Crippen LogP contribution >= 0.6 is 23.4 Å². The maximum Gasteiger partial charge on any atom is 0.262 e. The Morgan fingerprint density at radius 1 is 1.13 bits per heavy atom. The van der Waals surface area contributed by atoms with Gasteiger partial charge in [-0.15, -0.1) is 0 Å². The number of imidazole rings is 1. The maximum absolute atomic E-state index is 13.1. The molecule has 30 heavy (non-hydrogen) atoms. The topological polar surface area (TPSA) is 65.1 Å². The lowest BCUT2D eigenvalue weighted by molar-refractivity contribution is 0.481. The Bertz CT molecular complexity index is 1290. The van der Waals surface area contributed by atoms with Gasteiger partial charge in [0.2, 0.25) is 5.78 Å². The molecule has 0 saturated carbocycles. The highest BCUT2D eigenvalue weighted by atomic mass is 35.5. The van der Waals surface area contributed by atoms with Gasteiger partial charge < -0.3 is 0 Å². The first-order chi connectivity index (χ1) is 14.3. The molecule has 0 radical (unpaired) electrons. The molecule has 0 unspecified atom stereocenters. The van der Waals surface area contributed by atoms with Gasteiger partial charge in [0, 0.05) is 34.9 Å². The Kier molecular flexibility index (Phi) is 5.84. The molecule has 4 rings (SSSR count). The van der Waals surface area contributed by atoms with Crippen molar-refractivity contribution in [1.29, 1.82) is 0 Å². The summed E-state index contributed by atoms with van der Waals surface area (Å²) in [5.74, 6) is 1.78. The molecule has 0 amide bonds. The van der Waals surface area contributed by atoms with Gasteiger partial charge in [0.05, 0.1) is 16.6 Å². The molecule has 0 fully saturated rings. The number of rotatable bonds is 6. The lowest BCUT2D eigenvalue weighted by Crippen LogP contribution is -2.24. The summed E-state index contributed by atoms with van der Waals surface area (Å²) in [5, 5.41) is 1.85. The molecular formula is C22H24ClN5OS. The van der Waals surface area contributed by atoms with Crippen LogP contribution in [0.2, 0.25) is 5.02 Å². The number of hydrogen-bond acceptors (Lipinski definition) is 5. The molecule has 4 aromatic rings. The van der Waals surface area contributed by atoms with Crippen molar-refractivity contribution in [2.24, 2.45) is 5.92 Å². The van der Waals surface area contributed by atoms with E-state index in [2.05, 4.69) is 23.8 Å².